The average molecular weight is 436 g/mol. The minimum Gasteiger partial charge on any atom is -0.490 e. The van der Waals surface area contributed by atoms with Crippen molar-refractivity contribution in [3.05, 3.63) is 70.4 Å². The molecule has 0 spiro atoms. The maximum Gasteiger partial charge on any atom is 0.387 e. The molecule has 1 aromatic heterocycles. The first-order valence-electron chi connectivity index (χ1n) is 9.17. The second-order valence-corrected chi connectivity index (χ2v) is 6.82. The van der Waals surface area contributed by atoms with Crippen molar-refractivity contribution >= 4 is 23.3 Å². The van der Waals surface area contributed by atoms with Gasteiger partial charge in [-0.05, 0) is 49.7 Å². The molecule has 6 nitrogen and oxygen atoms in total. The molecule has 158 valence electrons. The molecule has 0 fully saturated rings. The van der Waals surface area contributed by atoms with Gasteiger partial charge in [-0.1, -0.05) is 23.7 Å². The minimum atomic E-state index is -2.99. The predicted octanol–water partition coefficient (Wildman–Crippen LogP) is 5.15. The molecule has 3 aromatic rings. The van der Waals surface area contributed by atoms with Gasteiger partial charge in [-0.2, -0.15) is 13.9 Å². The van der Waals surface area contributed by atoms with E-state index in [-0.39, 0.29) is 23.7 Å². The van der Waals surface area contributed by atoms with E-state index in [9.17, 15) is 13.6 Å². The van der Waals surface area contributed by atoms with E-state index < -0.39 is 12.5 Å². The first-order valence-corrected chi connectivity index (χ1v) is 9.55. The molecule has 0 radical (unpaired) electrons. The number of hydrogen-bond acceptors (Lipinski definition) is 4. The third-order valence-corrected chi connectivity index (χ3v) is 4.40. The maximum absolute atomic E-state index is 12.6. The number of alkyl halides is 2. The fourth-order valence-electron chi connectivity index (χ4n) is 2.84. The topological polar surface area (TPSA) is 65.4 Å². The van der Waals surface area contributed by atoms with Gasteiger partial charge in [0.15, 0.2) is 17.3 Å². The third-order valence-electron chi connectivity index (χ3n) is 4.17. The summed E-state index contributed by atoms with van der Waals surface area (Å²) in [5.74, 6) is -0.157. The lowest BCUT2D eigenvalue weighted by Crippen LogP contribution is -2.14. The molecule has 0 saturated heterocycles. The first-order chi connectivity index (χ1) is 14.4. The number of nitrogens with one attached hydrogen (secondary N) is 1. The number of benzene rings is 2. The molecule has 0 aliphatic rings. The molecule has 2 aromatic carbocycles. The molecule has 9 heteroatoms. The summed E-state index contributed by atoms with van der Waals surface area (Å²) in [4.78, 5) is 12.6. The summed E-state index contributed by atoms with van der Waals surface area (Å²) in [6.45, 7) is 1.31. The van der Waals surface area contributed by atoms with Crippen molar-refractivity contribution in [3.8, 4) is 11.5 Å². The van der Waals surface area contributed by atoms with E-state index in [2.05, 4.69) is 15.2 Å². The van der Waals surface area contributed by atoms with Gasteiger partial charge in [-0.3, -0.25) is 9.48 Å². The van der Waals surface area contributed by atoms with E-state index in [1.165, 1.54) is 18.2 Å². The molecule has 0 aliphatic heterocycles. The van der Waals surface area contributed by atoms with Crippen LogP contribution in [0.4, 0.5) is 14.6 Å². The summed E-state index contributed by atoms with van der Waals surface area (Å²) in [5, 5.41) is 7.74. The smallest absolute Gasteiger partial charge is 0.387 e. The lowest BCUT2D eigenvalue weighted by atomic mass is 10.2. The second kappa shape index (κ2) is 9.58. The SMILES string of the molecule is CCOc1cc(C(=O)Nc2cc(C)n(Cc3cccc(Cl)c3)n2)ccc1OC(F)F. The van der Waals surface area contributed by atoms with Crippen LogP contribution in [0.25, 0.3) is 0 Å². The van der Waals surface area contributed by atoms with Crippen LogP contribution in [-0.4, -0.2) is 28.9 Å². The monoisotopic (exact) mass is 435 g/mol. The highest BCUT2D eigenvalue weighted by atomic mass is 35.5. The Labute approximate surface area is 177 Å². The van der Waals surface area contributed by atoms with Crippen LogP contribution in [0.3, 0.4) is 0 Å². The van der Waals surface area contributed by atoms with Gasteiger partial charge in [0.25, 0.3) is 5.91 Å². The Kier molecular flexibility index (Phi) is 6.89. The summed E-state index contributed by atoms with van der Waals surface area (Å²) in [7, 11) is 0. The molecule has 3 rings (SSSR count). The highest BCUT2D eigenvalue weighted by Crippen LogP contribution is 2.30. The molecule has 1 N–H and O–H groups in total. The van der Waals surface area contributed by atoms with Crippen molar-refractivity contribution in [3.63, 3.8) is 0 Å². The van der Waals surface area contributed by atoms with Crippen molar-refractivity contribution in [1.82, 2.24) is 9.78 Å². The average Bonchev–Trinajstić information content (AvgIpc) is 3.01. The molecule has 0 aliphatic carbocycles. The van der Waals surface area contributed by atoms with Gasteiger partial charge in [0.1, 0.15) is 0 Å². The van der Waals surface area contributed by atoms with E-state index >= 15 is 0 Å². The van der Waals surface area contributed by atoms with Gasteiger partial charge in [0, 0.05) is 22.3 Å². The van der Waals surface area contributed by atoms with Crippen LogP contribution in [0.1, 0.15) is 28.5 Å². The maximum atomic E-state index is 12.6. The zero-order valence-corrected chi connectivity index (χ0v) is 17.1. The van der Waals surface area contributed by atoms with Crippen molar-refractivity contribution < 1.29 is 23.0 Å². The fraction of sp³-hybridized carbons (Fsp3) is 0.238. The molecular formula is C21H20ClF2N3O3. The zero-order valence-electron chi connectivity index (χ0n) is 16.4. The zero-order chi connectivity index (χ0) is 21.7. The lowest BCUT2D eigenvalue weighted by Gasteiger charge is -2.12. The first kappa shape index (κ1) is 21.6. The van der Waals surface area contributed by atoms with E-state index in [1.807, 2.05) is 25.1 Å². The van der Waals surface area contributed by atoms with Crippen LogP contribution < -0.4 is 14.8 Å². The van der Waals surface area contributed by atoms with Gasteiger partial charge < -0.3 is 14.8 Å². The highest BCUT2D eigenvalue weighted by Gasteiger charge is 2.16. The lowest BCUT2D eigenvalue weighted by molar-refractivity contribution is -0.0514. The van der Waals surface area contributed by atoms with Crippen LogP contribution in [0.2, 0.25) is 5.02 Å². The summed E-state index contributed by atoms with van der Waals surface area (Å²) >= 11 is 6.02. The quantitative estimate of drug-likeness (QED) is 0.531. The summed E-state index contributed by atoms with van der Waals surface area (Å²) in [5.41, 5.74) is 2.05. The second-order valence-electron chi connectivity index (χ2n) is 6.39. The standard InChI is InChI=1S/C21H20ClF2N3O3/c1-3-29-18-11-15(7-8-17(18)30-21(23)24)20(28)25-19-9-13(2)27(26-19)12-14-5-4-6-16(22)10-14/h4-11,21H,3,12H2,1-2H3,(H,25,26,28). The summed E-state index contributed by atoms with van der Waals surface area (Å²) in [6, 6.07) is 13.2. The molecular weight excluding hydrogens is 416 g/mol. The Morgan fingerprint density at radius 1 is 1.20 bits per heavy atom. The van der Waals surface area contributed by atoms with E-state index in [0.29, 0.717) is 17.4 Å². The largest absolute Gasteiger partial charge is 0.490 e. The number of carbonyl (C=O) groups is 1. The van der Waals surface area contributed by atoms with Crippen molar-refractivity contribution in [2.24, 2.45) is 0 Å². The minimum absolute atomic E-state index is 0.0631. The Bertz CT molecular complexity index is 1040. The van der Waals surface area contributed by atoms with Gasteiger partial charge in [-0.15, -0.1) is 0 Å². The van der Waals surface area contributed by atoms with Crippen molar-refractivity contribution in [2.75, 3.05) is 11.9 Å². The van der Waals surface area contributed by atoms with Crippen molar-refractivity contribution in [2.45, 2.75) is 27.0 Å². The molecule has 1 heterocycles. The third kappa shape index (κ3) is 5.48. The van der Waals surface area contributed by atoms with Gasteiger partial charge in [-0.25, -0.2) is 0 Å². The molecule has 1 amide bonds. The number of nitrogens with zero attached hydrogens (tertiary/aromatic N) is 2. The van der Waals surface area contributed by atoms with E-state index in [1.54, 1.807) is 23.7 Å². The number of halogens is 3. The van der Waals surface area contributed by atoms with E-state index in [4.69, 9.17) is 16.3 Å². The van der Waals surface area contributed by atoms with Gasteiger partial charge >= 0.3 is 6.61 Å². The summed E-state index contributed by atoms with van der Waals surface area (Å²) in [6.07, 6.45) is 0. The fourth-order valence-corrected chi connectivity index (χ4v) is 3.05. The number of hydrogen-bond donors (Lipinski definition) is 1. The van der Waals surface area contributed by atoms with Crippen LogP contribution in [-0.2, 0) is 6.54 Å². The Balaban J connectivity index is 1.75. The Hall–Kier alpha value is -3.13. The normalized spacial score (nSPS) is 10.9. The van der Waals surface area contributed by atoms with Crippen LogP contribution in [0.5, 0.6) is 11.5 Å². The van der Waals surface area contributed by atoms with Gasteiger partial charge in [0.05, 0.1) is 13.2 Å². The van der Waals surface area contributed by atoms with Crippen LogP contribution in [0, 0.1) is 6.92 Å². The van der Waals surface area contributed by atoms with Crippen molar-refractivity contribution in [1.29, 1.82) is 0 Å². The molecule has 0 unspecified atom stereocenters. The Morgan fingerprint density at radius 2 is 2.00 bits per heavy atom. The number of ether oxygens (including phenoxy) is 2. The molecule has 30 heavy (non-hydrogen) atoms. The highest BCUT2D eigenvalue weighted by molar-refractivity contribution is 6.30. The molecule has 0 bridgehead atoms. The van der Waals surface area contributed by atoms with Gasteiger partial charge in [0.2, 0.25) is 0 Å². The number of carbonyl (C=O) groups excluding carboxylic acids is 1. The van der Waals surface area contributed by atoms with E-state index in [0.717, 1.165) is 11.3 Å². The molecule has 0 saturated carbocycles. The van der Waals surface area contributed by atoms with Crippen LogP contribution in [0.15, 0.2) is 48.5 Å². The number of amides is 1. The molecule has 0 atom stereocenters. The predicted molar refractivity (Wildman–Crippen MR) is 110 cm³/mol. The number of aromatic nitrogens is 2. The van der Waals surface area contributed by atoms with Crippen LogP contribution >= 0.6 is 11.6 Å². The summed E-state index contributed by atoms with van der Waals surface area (Å²) < 4.78 is 36.5. The number of rotatable bonds is 8. The number of aryl methyl sites for hydroxylation is 1. The Morgan fingerprint density at radius 3 is 2.70 bits per heavy atom. The number of anilines is 1.